The van der Waals surface area contributed by atoms with Crippen LogP contribution in [-0.4, -0.2) is 42.0 Å². The molecule has 4 aliphatic carbocycles. The van der Waals surface area contributed by atoms with Gasteiger partial charge in [0.1, 0.15) is 12.3 Å². The minimum absolute atomic E-state index is 0.0445. The minimum atomic E-state index is -2.64. The SMILES string of the molecule is CC(C)/C=C/CC(F)(F)C(C)C.CC(C)/C=C/CCC(C)C.CC(C)C/C=C/C(F)(F)C(C)C.CC(C)C/C=C/C(F)C(C)C.CC(C)CCC1C(C(C)C)C1(F)F.CC(C)CCC1CC1C(C)C.CC(C)CCCC(C)(C)C(C)C.CC(C)CCCC(F)(F)C(C)C.CC(C)CCCC(F)(F)C(C)C.CC(C)CCCC(F)C(C)C.CC(C)CCCC1(C(C)C)CC1.CC(C)CCCC1(C(C)C)CC1.CC(C)CCCCC(C)C. The largest absolute Gasteiger partial charge is 0.268 e. The molecular formula is C138H274F12. The average molecular weight is 2160 g/mol. The van der Waals surface area contributed by atoms with E-state index in [2.05, 4.69) is 261 Å². The normalized spacial score (nSPS) is 17.3. The van der Waals surface area contributed by atoms with E-state index in [0.717, 1.165) is 151 Å². The maximum Gasteiger partial charge on any atom is 0.268 e. The molecule has 0 radical (unpaired) electrons. The fourth-order valence-corrected chi connectivity index (χ4v) is 16.9. The third kappa shape index (κ3) is 105. The lowest BCUT2D eigenvalue weighted by Gasteiger charge is -2.29. The summed E-state index contributed by atoms with van der Waals surface area (Å²) in [5.74, 6) is 1.51. The minimum Gasteiger partial charge on any atom is -0.247 e. The Hall–Kier alpha value is -1.88. The molecule has 0 amide bonds. The molecule has 4 fully saturated rings. The molecule has 0 nitrogen and oxygen atoms in total. The van der Waals surface area contributed by atoms with Crippen LogP contribution in [0.5, 0.6) is 0 Å². The van der Waals surface area contributed by atoms with Crippen LogP contribution in [0.2, 0.25) is 0 Å². The van der Waals surface area contributed by atoms with Crippen molar-refractivity contribution in [1.29, 1.82) is 0 Å². The third-order valence-electron chi connectivity index (χ3n) is 30.8. The summed E-state index contributed by atoms with van der Waals surface area (Å²) in [5.41, 5.74) is 2.11. The highest BCUT2D eigenvalue weighted by Crippen LogP contribution is 2.61. The molecule has 0 aromatic heterocycles. The second kappa shape index (κ2) is 90.7. The van der Waals surface area contributed by atoms with Gasteiger partial charge in [0.15, 0.2) is 0 Å². The molecule has 0 saturated heterocycles. The molecule has 0 N–H and O–H groups in total. The van der Waals surface area contributed by atoms with Crippen molar-refractivity contribution in [1.82, 2.24) is 0 Å². The Bertz CT molecular complexity index is 2840. The Labute approximate surface area is 936 Å². The Morgan fingerprint density at radius 2 is 0.613 bits per heavy atom. The molecule has 150 heavy (non-hydrogen) atoms. The monoisotopic (exact) mass is 2160 g/mol. The van der Waals surface area contributed by atoms with Crippen LogP contribution in [0.3, 0.4) is 0 Å². The fourth-order valence-electron chi connectivity index (χ4n) is 16.9. The zero-order valence-electron chi connectivity index (χ0n) is 111. The van der Waals surface area contributed by atoms with Crippen molar-refractivity contribution in [2.24, 2.45) is 194 Å². The summed E-state index contributed by atoms with van der Waals surface area (Å²) in [7, 11) is 0. The molecule has 910 valence electrons. The molecule has 0 aliphatic heterocycles. The molecule has 0 aromatic carbocycles. The Balaban J connectivity index is -0.000000205. The molecule has 0 heterocycles. The van der Waals surface area contributed by atoms with Crippen LogP contribution in [-0.2, 0) is 0 Å². The summed E-state index contributed by atoms with van der Waals surface area (Å²) in [6.07, 6.45) is 53.7. The zero-order valence-corrected chi connectivity index (χ0v) is 111. The van der Waals surface area contributed by atoms with Gasteiger partial charge < -0.3 is 0 Å². The fraction of sp³-hybridized carbons (Fsp3) is 0.942. The summed E-state index contributed by atoms with van der Waals surface area (Å²) >= 11 is 0. The van der Waals surface area contributed by atoms with E-state index in [1.807, 2.05) is 81.4 Å². The average Bonchev–Trinajstić information content (AvgIpc) is 1.57. The van der Waals surface area contributed by atoms with Gasteiger partial charge in [0.05, 0.1) is 0 Å². The van der Waals surface area contributed by atoms with Crippen LogP contribution in [0, 0.1) is 194 Å². The van der Waals surface area contributed by atoms with E-state index in [-0.39, 0.29) is 48.9 Å². The van der Waals surface area contributed by atoms with Gasteiger partial charge in [-0.1, -0.05) is 519 Å². The predicted molar refractivity (Wildman–Crippen MR) is 656 cm³/mol. The van der Waals surface area contributed by atoms with Crippen LogP contribution in [0.1, 0.15) is 605 Å². The number of hydrogen-bond donors (Lipinski definition) is 0. The first kappa shape index (κ1) is 166. The Morgan fingerprint density at radius 3 is 0.887 bits per heavy atom. The number of rotatable bonds is 59. The first-order valence-corrected chi connectivity index (χ1v) is 63.1. The summed E-state index contributed by atoms with van der Waals surface area (Å²) in [4.78, 5) is 0. The van der Waals surface area contributed by atoms with Crippen molar-refractivity contribution in [3.63, 3.8) is 0 Å². The number of allylic oxidation sites excluding steroid dienone is 8. The second-order valence-corrected chi connectivity index (χ2v) is 57.5. The molecule has 0 spiro atoms. The number of unbranched alkanes of at least 4 members (excludes halogenated alkanes) is 1. The smallest absolute Gasteiger partial charge is 0.247 e. The van der Waals surface area contributed by atoms with E-state index in [1.54, 1.807) is 59.8 Å². The number of alkyl halides is 12. The quantitative estimate of drug-likeness (QED) is 0.0323. The number of halogens is 12. The van der Waals surface area contributed by atoms with Gasteiger partial charge in [-0.15, -0.1) is 0 Å². The second-order valence-electron chi connectivity index (χ2n) is 57.5. The van der Waals surface area contributed by atoms with E-state index >= 15 is 0 Å². The van der Waals surface area contributed by atoms with E-state index in [0.29, 0.717) is 66.1 Å². The third-order valence-corrected chi connectivity index (χ3v) is 30.8. The van der Waals surface area contributed by atoms with E-state index in [1.165, 1.54) is 155 Å². The van der Waals surface area contributed by atoms with Gasteiger partial charge in [0.25, 0.3) is 17.8 Å². The van der Waals surface area contributed by atoms with Gasteiger partial charge in [-0.3, -0.25) is 0 Å². The Kier molecular flexibility index (Phi) is 100. The van der Waals surface area contributed by atoms with Crippen LogP contribution in [0.15, 0.2) is 48.6 Å². The molecular weight excluding hydrogens is 1890 g/mol. The van der Waals surface area contributed by atoms with Gasteiger partial charge in [-0.05, 0) is 274 Å². The van der Waals surface area contributed by atoms with Crippen LogP contribution < -0.4 is 0 Å². The molecule has 0 aromatic rings. The summed E-state index contributed by atoms with van der Waals surface area (Å²) in [6, 6.07) is 0. The van der Waals surface area contributed by atoms with Crippen molar-refractivity contribution in [2.45, 2.75) is 647 Å². The zero-order chi connectivity index (χ0) is 120. The van der Waals surface area contributed by atoms with E-state index < -0.39 is 65.6 Å². The van der Waals surface area contributed by atoms with Crippen molar-refractivity contribution in [3.05, 3.63) is 48.6 Å². The van der Waals surface area contributed by atoms with Crippen molar-refractivity contribution in [2.75, 3.05) is 0 Å². The van der Waals surface area contributed by atoms with E-state index in [4.69, 9.17) is 0 Å². The van der Waals surface area contributed by atoms with Gasteiger partial charge in [-0.2, -0.15) is 0 Å². The summed E-state index contributed by atoms with van der Waals surface area (Å²) in [5, 5.41) is 0. The molecule has 4 saturated carbocycles. The van der Waals surface area contributed by atoms with Crippen molar-refractivity contribution >= 4 is 0 Å². The number of hydrogen-bond acceptors (Lipinski definition) is 0. The lowest BCUT2D eigenvalue weighted by Crippen LogP contribution is -2.23. The standard InChI is InChI=1S/2C12H24.C12H26.C11H20F2.C11H22.2C10H20F2.2C10H18F2.C10H21F.C10H19F.C10H22.C10H20/c2*1-10(2)6-5-7-12(8-9-12)11(3)4;1-10(2)8-7-9-12(5,6)11(3)4;1-7(2)5-6-9-10(8(3)4)11(9,12)13;1-8(2)5-6-10-7-11(10)9(3)4;4*1-8(2)6-5-7-10(11,12)9(3)4;2*1-8(2)6-5-7-10(11)9(3)4;2*1-9(2)7-5-6-8-10(3)4/h2*10-11H,5-9H2,1-4H3;10-11H,7-9H2,1-6H3;7-10H,5-6H2,1-4H3;8-11H,5-7H2,1-4H3;2*8-9H,5-7H2,1-4H3;5,7-9H,6H2,1-4H3;5-6,8-9H,7H2,1-4H3;8-10H,5-7H2,1-4H3;5,7-10H,6H2,1-4H3;9-10H,5-8H2,1-4H3;5,7,9-10H,6,8H2,1-4H3/b;;;;;;;7-5+;6-5+;;7-5+;;7-5+. The van der Waals surface area contributed by atoms with Crippen molar-refractivity contribution < 1.29 is 52.7 Å². The maximum absolute atomic E-state index is 13.2. The summed E-state index contributed by atoms with van der Waals surface area (Å²) < 4.78 is 156. The maximum atomic E-state index is 13.2. The molecule has 4 aliphatic rings. The van der Waals surface area contributed by atoms with Gasteiger partial charge in [0, 0.05) is 54.8 Å². The highest BCUT2D eigenvalue weighted by Gasteiger charge is 2.68. The van der Waals surface area contributed by atoms with Gasteiger partial charge >= 0.3 is 0 Å². The molecule has 6 atom stereocenters. The first-order chi connectivity index (χ1) is 68.2. The van der Waals surface area contributed by atoms with Crippen LogP contribution in [0.4, 0.5) is 52.7 Å². The lowest BCUT2D eigenvalue weighted by molar-refractivity contribution is -0.0549. The first-order valence-electron chi connectivity index (χ1n) is 63.1. The Morgan fingerprint density at radius 1 is 0.293 bits per heavy atom. The predicted octanol–water partition coefficient (Wildman–Crippen LogP) is 51.5. The topological polar surface area (TPSA) is 0 Å². The lowest BCUT2D eigenvalue weighted by atomic mass is 9.77. The van der Waals surface area contributed by atoms with E-state index in [9.17, 15) is 52.7 Å². The van der Waals surface area contributed by atoms with Crippen molar-refractivity contribution in [3.8, 4) is 0 Å². The van der Waals surface area contributed by atoms with Crippen LogP contribution in [0.25, 0.3) is 0 Å². The molecule has 0 bridgehead atoms. The van der Waals surface area contributed by atoms with Gasteiger partial charge in [0.2, 0.25) is 11.8 Å². The van der Waals surface area contributed by atoms with Gasteiger partial charge in [-0.25, -0.2) is 52.7 Å². The molecule has 6 unspecified atom stereocenters. The molecule has 4 rings (SSSR count). The molecule has 12 heteroatoms. The summed E-state index contributed by atoms with van der Waals surface area (Å²) in [6.45, 7) is 113. The van der Waals surface area contributed by atoms with Crippen LogP contribution >= 0.6 is 0 Å². The highest BCUT2D eigenvalue weighted by atomic mass is 19.3. The highest BCUT2D eigenvalue weighted by molar-refractivity contribution is 5.06.